The van der Waals surface area contributed by atoms with Gasteiger partial charge in [-0.2, -0.15) is 13.2 Å². The van der Waals surface area contributed by atoms with Crippen molar-refractivity contribution >= 4 is 6.03 Å². The number of halogens is 6. The first kappa shape index (κ1) is 31.4. The number of hydrogen-bond donors (Lipinski definition) is 3. The van der Waals surface area contributed by atoms with Crippen molar-refractivity contribution in [1.29, 1.82) is 0 Å². The fourth-order valence-electron chi connectivity index (χ4n) is 6.38. The zero-order valence-corrected chi connectivity index (χ0v) is 23.5. The number of nitrogens with zero attached hydrogens (tertiary/aromatic N) is 1. The number of rotatable bonds is 8. The quantitative estimate of drug-likeness (QED) is 0.321. The predicted molar refractivity (Wildman–Crippen MR) is 146 cm³/mol. The van der Waals surface area contributed by atoms with E-state index in [4.69, 9.17) is 4.74 Å². The van der Waals surface area contributed by atoms with Gasteiger partial charge in [0.2, 0.25) is 0 Å². The Hall–Kier alpha value is -3.03. The molecule has 2 aromatic rings. The Morgan fingerprint density at radius 3 is 2.28 bits per heavy atom. The number of carbonyl (C=O) groups is 1. The monoisotopic (exact) mass is 614 g/mol. The molecule has 0 radical (unpaired) electrons. The Kier molecular flexibility index (Phi) is 9.43. The molecule has 3 fully saturated rings. The Labute approximate surface area is 246 Å². The summed E-state index contributed by atoms with van der Waals surface area (Å²) in [6, 6.07) is 13.8. The lowest BCUT2D eigenvalue weighted by Gasteiger charge is -2.54. The summed E-state index contributed by atoms with van der Waals surface area (Å²) >= 11 is 0. The van der Waals surface area contributed by atoms with Gasteiger partial charge >= 0.3 is 18.6 Å². The van der Waals surface area contributed by atoms with Crippen LogP contribution >= 0.6 is 0 Å². The first-order valence-electron chi connectivity index (χ1n) is 14.6. The van der Waals surface area contributed by atoms with Crippen molar-refractivity contribution < 1.29 is 40.6 Å². The molecule has 0 bridgehead atoms. The molecule has 2 unspecified atom stereocenters. The molecule has 2 amide bonds. The van der Waals surface area contributed by atoms with E-state index in [1.165, 1.54) is 17.0 Å². The van der Waals surface area contributed by atoms with Crippen molar-refractivity contribution in [2.75, 3.05) is 13.1 Å². The lowest BCUT2D eigenvalue weighted by molar-refractivity contribution is -0.345. The minimum Gasteiger partial charge on any atom is -0.473 e. The maximum atomic E-state index is 14.9. The first-order chi connectivity index (χ1) is 20.4. The van der Waals surface area contributed by atoms with Gasteiger partial charge in [0.05, 0.1) is 12.1 Å². The van der Waals surface area contributed by atoms with Crippen molar-refractivity contribution in [2.45, 2.75) is 94.0 Å². The number of likely N-dealkylation sites (tertiary alicyclic amines) is 1. The van der Waals surface area contributed by atoms with Crippen LogP contribution in [0.2, 0.25) is 0 Å². The van der Waals surface area contributed by atoms with Gasteiger partial charge in [-0.3, -0.25) is 15.0 Å². The number of carbonyl (C=O) groups excluding carboxylic acids is 1. The minimum absolute atomic E-state index is 0.0260. The third kappa shape index (κ3) is 7.38. The number of amides is 2. The van der Waals surface area contributed by atoms with Crippen LogP contribution in [0.15, 0.2) is 54.6 Å². The van der Waals surface area contributed by atoms with E-state index in [-0.39, 0.29) is 49.7 Å². The van der Waals surface area contributed by atoms with E-state index >= 15 is 0 Å². The number of alkyl halides is 6. The van der Waals surface area contributed by atoms with Crippen molar-refractivity contribution in [2.24, 2.45) is 0 Å². The van der Waals surface area contributed by atoms with E-state index in [0.29, 0.717) is 32.2 Å². The van der Waals surface area contributed by atoms with Gasteiger partial charge in [0, 0.05) is 24.7 Å². The molecule has 5 rings (SSSR count). The molecule has 236 valence electrons. The number of piperidine rings is 1. The molecule has 2 aliphatic heterocycles. The van der Waals surface area contributed by atoms with Gasteiger partial charge in [0.25, 0.3) is 0 Å². The highest BCUT2D eigenvalue weighted by molar-refractivity contribution is 5.74. The molecular weight excluding hydrogens is 578 g/mol. The molecule has 0 aromatic heterocycles. The van der Waals surface area contributed by atoms with Crippen LogP contribution in [0, 0.1) is 0 Å². The van der Waals surface area contributed by atoms with Crippen molar-refractivity contribution in [1.82, 2.24) is 20.9 Å². The van der Waals surface area contributed by atoms with Gasteiger partial charge in [0.15, 0.2) is 6.23 Å². The SMILES string of the molecule is O=C(NC1CCC(OC(F)(F)F)CC1)NC1CCCN[C@H]1Oc1ccccc1C1(C(F)(F)F)CCN1Cc1ccccc1. The molecule has 2 heterocycles. The smallest absolute Gasteiger partial charge is 0.473 e. The Morgan fingerprint density at radius 2 is 1.63 bits per heavy atom. The number of benzene rings is 2. The van der Waals surface area contributed by atoms with Crippen LogP contribution in [0.3, 0.4) is 0 Å². The van der Waals surface area contributed by atoms with E-state index in [9.17, 15) is 31.1 Å². The normalized spacial score (nSPS) is 28.5. The molecular formula is C30H36F6N4O3. The zero-order valence-electron chi connectivity index (χ0n) is 23.5. The van der Waals surface area contributed by atoms with Crippen molar-refractivity contribution in [3.63, 3.8) is 0 Å². The van der Waals surface area contributed by atoms with E-state index in [1.807, 2.05) is 6.07 Å². The summed E-state index contributed by atoms with van der Waals surface area (Å²) < 4.78 is 92.5. The van der Waals surface area contributed by atoms with Crippen LogP contribution in [-0.2, 0) is 16.8 Å². The predicted octanol–water partition coefficient (Wildman–Crippen LogP) is 5.95. The van der Waals surface area contributed by atoms with Gasteiger partial charge in [-0.1, -0.05) is 48.5 Å². The van der Waals surface area contributed by atoms with Crippen molar-refractivity contribution in [3.05, 3.63) is 65.7 Å². The fourth-order valence-corrected chi connectivity index (χ4v) is 6.38. The van der Waals surface area contributed by atoms with E-state index in [1.54, 1.807) is 36.4 Å². The van der Waals surface area contributed by atoms with Crippen molar-refractivity contribution in [3.8, 4) is 5.75 Å². The second kappa shape index (κ2) is 12.9. The third-order valence-corrected chi connectivity index (χ3v) is 8.58. The van der Waals surface area contributed by atoms with E-state index < -0.39 is 42.5 Å². The van der Waals surface area contributed by atoms with Gasteiger partial charge in [-0.15, -0.1) is 13.2 Å². The van der Waals surface area contributed by atoms with Crippen LogP contribution < -0.4 is 20.7 Å². The highest BCUT2D eigenvalue weighted by Crippen LogP contribution is 2.55. The Morgan fingerprint density at radius 1 is 0.930 bits per heavy atom. The topological polar surface area (TPSA) is 74.9 Å². The summed E-state index contributed by atoms with van der Waals surface area (Å²) in [5.41, 5.74) is -1.42. The van der Waals surface area contributed by atoms with E-state index in [0.717, 1.165) is 5.56 Å². The maximum absolute atomic E-state index is 14.9. The number of hydrogen-bond acceptors (Lipinski definition) is 5. The molecule has 2 aromatic carbocycles. The lowest BCUT2D eigenvalue weighted by Crippen LogP contribution is -2.65. The maximum Gasteiger partial charge on any atom is 0.522 e. The average Bonchev–Trinajstić information content (AvgIpc) is 2.93. The van der Waals surface area contributed by atoms with Gasteiger partial charge in [-0.25, -0.2) is 4.79 Å². The molecule has 1 saturated carbocycles. The van der Waals surface area contributed by atoms with Crippen LogP contribution in [0.25, 0.3) is 0 Å². The molecule has 13 heteroatoms. The third-order valence-electron chi connectivity index (χ3n) is 8.58. The van der Waals surface area contributed by atoms with Gasteiger partial charge in [-0.05, 0) is 63.1 Å². The van der Waals surface area contributed by atoms with Gasteiger partial charge in [0.1, 0.15) is 11.3 Å². The molecule has 2 saturated heterocycles. The summed E-state index contributed by atoms with van der Waals surface area (Å²) in [6.07, 6.45) is -8.84. The van der Waals surface area contributed by atoms with Crippen LogP contribution in [-0.4, -0.2) is 61.0 Å². The Balaban J connectivity index is 1.26. The Bertz CT molecular complexity index is 1220. The number of nitrogens with one attached hydrogen (secondary N) is 3. The first-order valence-corrected chi connectivity index (χ1v) is 14.6. The highest BCUT2D eigenvalue weighted by Gasteiger charge is 2.65. The molecule has 3 aliphatic rings. The summed E-state index contributed by atoms with van der Waals surface area (Å²) in [4.78, 5) is 14.3. The van der Waals surface area contributed by atoms with Crippen LogP contribution in [0.1, 0.15) is 56.1 Å². The molecule has 3 N–H and O–H groups in total. The second-order valence-corrected chi connectivity index (χ2v) is 11.4. The number of ether oxygens (including phenoxy) is 2. The summed E-state index contributed by atoms with van der Waals surface area (Å²) in [7, 11) is 0. The fraction of sp³-hybridized carbons (Fsp3) is 0.567. The summed E-state index contributed by atoms with van der Waals surface area (Å²) in [6.45, 7) is 0.963. The van der Waals surface area contributed by atoms with Crippen LogP contribution in [0.4, 0.5) is 31.1 Å². The second-order valence-electron chi connectivity index (χ2n) is 11.4. The average molecular weight is 615 g/mol. The summed E-state index contributed by atoms with van der Waals surface area (Å²) in [5.74, 6) is 0.0900. The number of urea groups is 1. The largest absolute Gasteiger partial charge is 0.522 e. The molecule has 1 aliphatic carbocycles. The summed E-state index contributed by atoms with van der Waals surface area (Å²) in [5, 5.41) is 8.85. The van der Waals surface area contributed by atoms with Gasteiger partial charge < -0.3 is 15.4 Å². The lowest BCUT2D eigenvalue weighted by atomic mass is 9.76. The highest BCUT2D eigenvalue weighted by atomic mass is 19.4. The molecule has 0 spiro atoms. The minimum atomic E-state index is -4.69. The molecule has 43 heavy (non-hydrogen) atoms. The zero-order chi connectivity index (χ0) is 30.7. The van der Waals surface area contributed by atoms with Crippen LogP contribution in [0.5, 0.6) is 5.75 Å². The number of para-hydroxylation sites is 1. The standard InChI is InChI=1S/C30H36F6N4O3/c31-29(32,33)28(16-18-40(28)19-20-7-2-1-3-8-20)23-9-4-5-11-25(23)42-26-24(10-6-17-37-26)39-27(41)38-21-12-14-22(15-13-21)43-30(34,35)36/h1-5,7-9,11,21-22,24,26,37H,6,10,12-19H2,(H2,38,39,41)/t21?,22?,24?,26-,28?/m0/s1. The molecule has 7 nitrogen and oxygen atoms in total. The molecule has 3 atom stereocenters. The van der Waals surface area contributed by atoms with E-state index in [2.05, 4.69) is 20.7 Å².